The van der Waals surface area contributed by atoms with Gasteiger partial charge < -0.3 is 9.13 Å². The first kappa shape index (κ1) is 22.2. The van der Waals surface area contributed by atoms with Crippen LogP contribution < -0.4 is 0 Å². The first-order valence-corrected chi connectivity index (χ1v) is 11.8. The highest BCUT2D eigenvalue weighted by Gasteiger charge is 2.17. The molecule has 2 aromatic heterocycles. The summed E-state index contributed by atoms with van der Waals surface area (Å²) in [4.78, 5) is 0. The Morgan fingerprint density at radius 3 is 1.74 bits per heavy atom. The van der Waals surface area contributed by atoms with Crippen molar-refractivity contribution in [3.05, 3.63) is 134 Å². The maximum absolute atomic E-state index is 4.21. The molecule has 170 valence electrons. The number of rotatable bonds is 7. The summed E-state index contributed by atoms with van der Waals surface area (Å²) in [6.45, 7) is 14.4. The van der Waals surface area contributed by atoms with Crippen LogP contribution in [0.4, 0.5) is 0 Å². The third-order valence-electron chi connectivity index (χ3n) is 6.37. The minimum Gasteiger partial charge on any atom is -0.309 e. The number of para-hydroxylation sites is 3. The average molecular weight is 453 g/mol. The van der Waals surface area contributed by atoms with Gasteiger partial charge in [0, 0.05) is 33.1 Å². The molecule has 0 amide bonds. The smallest absolute Gasteiger partial charge is 0.0561 e. The normalized spacial score (nSPS) is 12.7. The number of hydrogen-bond acceptors (Lipinski definition) is 0. The van der Waals surface area contributed by atoms with Crippen molar-refractivity contribution in [3.8, 4) is 0 Å². The Hall–Kier alpha value is -4.56. The van der Waals surface area contributed by atoms with Gasteiger partial charge in [-0.05, 0) is 49.4 Å². The van der Waals surface area contributed by atoms with E-state index in [1.165, 1.54) is 10.8 Å². The van der Waals surface area contributed by atoms with E-state index in [1.807, 2.05) is 37.3 Å². The molecule has 0 aliphatic rings. The van der Waals surface area contributed by atoms with Crippen molar-refractivity contribution in [2.24, 2.45) is 0 Å². The summed E-state index contributed by atoms with van der Waals surface area (Å²) < 4.78 is 4.56. The van der Waals surface area contributed by atoms with Crippen LogP contribution in [0.5, 0.6) is 0 Å². The topological polar surface area (TPSA) is 9.86 Å². The molecule has 0 fully saturated rings. The number of allylic oxidation sites excluding steroid dienone is 7. The van der Waals surface area contributed by atoms with E-state index in [0.29, 0.717) is 0 Å². The number of fused-ring (bicyclic) bond motifs is 4. The molecular formula is C33H28N2. The van der Waals surface area contributed by atoms with E-state index in [-0.39, 0.29) is 0 Å². The fourth-order valence-electron chi connectivity index (χ4n) is 4.97. The molecule has 0 spiro atoms. The van der Waals surface area contributed by atoms with Crippen LogP contribution in [-0.4, -0.2) is 9.13 Å². The van der Waals surface area contributed by atoms with Gasteiger partial charge in [-0.3, -0.25) is 0 Å². The maximum atomic E-state index is 4.21. The number of hydrogen-bond donors (Lipinski definition) is 0. The predicted octanol–water partition coefficient (Wildman–Crippen LogP) is 9.18. The van der Waals surface area contributed by atoms with Gasteiger partial charge in [-0.15, -0.1) is 0 Å². The van der Waals surface area contributed by atoms with Gasteiger partial charge in [0.05, 0.1) is 22.2 Å². The minimum atomic E-state index is 0.994. The average Bonchev–Trinajstić information content (AvgIpc) is 3.39. The van der Waals surface area contributed by atoms with E-state index < -0.39 is 0 Å². The summed E-state index contributed by atoms with van der Waals surface area (Å²) in [7, 11) is 0. The molecule has 2 nitrogen and oxygen atoms in total. The molecule has 0 saturated heterocycles. The van der Waals surface area contributed by atoms with Crippen LogP contribution in [0.25, 0.3) is 56.3 Å². The second-order valence-electron chi connectivity index (χ2n) is 8.33. The Bertz CT molecular complexity index is 1640. The Morgan fingerprint density at radius 1 is 0.686 bits per heavy atom. The Balaban J connectivity index is 1.91. The van der Waals surface area contributed by atoms with E-state index in [2.05, 4.69) is 114 Å². The van der Waals surface area contributed by atoms with Crippen molar-refractivity contribution in [1.29, 1.82) is 0 Å². The van der Waals surface area contributed by atoms with Crippen molar-refractivity contribution in [1.82, 2.24) is 9.13 Å². The standard InChI is InChI=1S/C33H28N2/c1-5-15-25(16-6-2)35-30-20-12-9-17-27(30)26(8-4)33(35)23-24(7-3)34-31-21-13-10-18-28(31)29-19-11-14-22-32(29)34/h5-23H,1,3-4H2,2H3/b16-6-,24-23+,25-15+. The lowest BCUT2D eigenvalue weighted by Gasteiger charge is -2.13. The van der Waals surface area contributed by atoms with Crippen LogP contribution in [0.15, 0.2) is 123 Å². The van der Waals surface area contributed by atoms with Crippen LogP contribution in [0.1, 0.15) is 18.2 Å². The van der Waals surface area contributed by atoms with Gasteiger partial charge in [0.2, 0.25) is 0 Å². The summed E-state index contributed by atoms with van der Waals surface area (Å²) >= 11 is 0. The van der Waals surface area contributed by atoms with Gasteiger partial charge in [0.15, 0.2) is 0 Å². The molecule has 5 aromatic rings. The minimum absolute atomic E-state index is 0.994. The van der Waals surface area contributed by atoms with Crippen LogP contribution >= 0.6 is 0 Å². The molecule has 35 heavy (non-hydrogen) atoms. The zero-order chi connectivity index (χ0) is 24.4. The molecule has 0 radical (unpaired) electrons. The van der Waals surface area contributed by atoms with E-state index in [9.17, 15) is 0 Å². The Morgan fingerprint density at radius 2 is 1.23 bits per heavy atom. The van der Waals surface area contributed by atoms with Gasteiger partial charge in [-0.25, -0.2) is 0 Å². The maximum Gasteiger partial charge on any atom is 0.0561 e. The first-order valence-electron chi connectivity index (χ1n) is 11.8. The monoisotopic (exact) mass is 452 g/mol. The molecule has 5 rings (SSSR count). The van der Waals surface area contributed by atoms with Gasteiger partial charge in [0.25, 0.3) is 0 Å². The first-order chi connectivity index (χ1) is 17.2. The Labute approximate surface area is 206 Å². The van der Waals surface area contributed by atoms with E-state index in [4.69, 9.17) is 0 Å². The quantitative estimate of drug-likeness (QED) is 0.218. The zero-order valence-electron chi connectivity index (χ0n) is 20.0. The lowest BCUT2D eigenvalue weighted by molar-refractivity contribution is 1.15. The third-order valence-corrected chi connectivity index (χ3v) is 6.37. The number of nitrogens with zero attached hydrogens (tertiary/aromatic N) is 2. The molecule has 3 aromatic carbocycles. The largest absolute Gasteiger partial charge is 0.309 e. The lowest BCUT2D eigenvalue weighted by atomic mass is 10.1. The molecule has 0 saturated carbocycles. The summed E-state index contributed by atoms with van der Waals surface area (Å²) in [5, 5.41) is 3.60. The number of benzene rings is 3. The number of aromatic nitrogens is 2. The molecule has 0 atom stereocenters. The van der Waals surface area contributed by atoms with Gasteiger partial charge in [-0.2, -0.15) is 0 Å². The summed E-state index contributed by atoms with van der Waals surface area (Å²) in [5.74, 6) is 0. The van der Waals surface area contributed by atoms with Crippen molar-refractivity contribution in [2.75, 3.05) is 0 Å². The third kappa shape index (κ3) is 3.60. The van der Waals surface area contributed by atoms with E-state index >= 15 is 0 Å². The van der Waals surface area contributed by atoms with Gasteiger partial charge >= 0.3 is 0 Å². The van der Waals surface area contributed by atoms with Crippen molar-refractivity contribution >= 4 is 56.3 Å². The molecule has 0 N–H and O–H groups in total. The molecule has 0 unspecified atom stereocenters. The van der Waals surface area contributed by atoms with Crippen LogP contribution in [0.2, 0.25) is 0 Å². The molecule has 0 bridgehead atoms. The van der Waals surface area contributed by atoms with Gasteiger partial charge in [-0.1, -0.05) is 92.6 Å². The Kier molecular flexibility index (Phi) is 5.95. The second-order valence-corrected chi connectivity index (χ2v) is 8.33. The predicted molar refractivity (Wildman–Crippen MR) is 155 cm³/mol. The van der Waals surface area contributed by atoms with E-state index in [1.54, 1.807) is 0 Å². The highest BCUT2D eigenvalue weighted by molar-refractivity contribution is 6.11. The van der Waals surface area contributed by atoms with Crippen molar-refractivity contribution in [3.63, 3.8) is 0 Å². The lowest BCUT2D eigenvalue weighted by Crippen LogP contribution is -2.00. The van der Waals surface area contributed by atoms with Crippen LogP contribution in [-0.2, 0) is 0 Å². The highest BCUT2D eigenvalue weighted by Crippen LogP contribution is 2.36. The van der Waals surface area contributed by atoms with Gasteiger partial charge in [0.1, 0.15) is 0 Å². The fourth-order valence-corrected chi connectivity index (χ4v) is 4.97. The van der Waals surface area contributed by atoms with E-state index in [0.717, 1.165) is 44.6 Å². The molecule has 0 aliphatic carbocycles. The van der Waals surface area contributed by atoms with Crippen molar-refractivity contribution in [2.45, 2.75) is 6.92 Å². The summed E-state index contributed by atoms with van der Waals surface area (Å²) in [6.07, 6.45) is 14.1. The summed E-state index contributed by atoms with van der Waals surface area (Å²) in [6, 6.07) is 25.5. The second kappa shape index (κ2) is 9.36. The fraction of sp³-hybridized carbons (Fsp3) is 0.0303. The highest BCUT2D eigenvalue weighted by atomic mass is 15.0. The molecular weight excluding hydrogens is 424 g/mol. The van der Waals surface area contributed by atoms with Crippen LogP contribution in [0.3, 0.4) is 0 Å². The van der Waals surface area contributed by atoms with Crippen LogP contribution in [0, 0.1) is 0 Å². The zero-order valence-corrected chi connectivity index (χ0v) is 20.0. The molecule has 2 heterocycles. The molecule has 0 aliphatic heterocycles. The SMILES string of the molecule is C=C/C=C(\C=C/C)n1c(/C=C(\C=C)n2c3ccccc3c3ccccc32)c(C=C)c2ccccc21. The summed E-state index contributed by atoms with van der Waals surface area (Å²) in [5.41, 5.74) is 7.57. The van der Waals surface area contributed by atoms with Crippen molar-refractivity contribution < 1.29 is 0 Å². The molecule has 2 heteroatoms.